The molecule has 0 N–H and O–H groups in total. The minimum atomic E-state index is -0.0939. The topological polar surface area (TPSA) is 85.8 Å². The number of aromatic nitrogens is 4. The molecule has 4 rings (SSSR count). The summed E-state index contributed by atoms with van der Waals surface area (Å²) in [4.78, 5) is 23.4. The number of likely N-dealkylation sites (tertiary alicyclic amines) is 1. The summed E-state index contributed by atoms with van der Waals surface area (Å²) in [5.41, 5.74) is 1.19. The quantitative estimate of drug-likeness (QED) is 0.715. The van der Waals surface area contributed by atoms with Gasteiger partial charge in [0.25, 0.3) is 5.91 Å². The summed E-state index contributed by atoms with van der Waals surface area (Å²) in [5, 5.41) is 3.87. The van der Waals surface area contributed by atoms with Gasteiger partial charge in [-0.15, -0.1) is 0 Å². The zero-order valence-electron chi connectivity index (χ0n) is 14.1. The van der Waals surface area contributed by atoms with Crippen molar-refractivity contribution in [1.29, 1.82) is 0 Å². The van der Waals surface area contributed by atoms with Gasteiger partial charge < -0.3 is 18.6 Å². The molecule has 1 fully saturated rings. The number of nitrogens with zero attached hydrogens (tertiary/aromatic N) is 5. The second kappa shape index (κ2) is 6.29. The van der Waals surface area contributed by atoms with Crippen LogP contribution in [0, 0.1) is 12.8 Å². The van der Waals surface area contributed by atoms with E-state index in [-0.39, 0.29) is 17.7 Å². The summed E-state index contributed by atoms with van der Waals surface area (Å²) in [5.74, 6) is 1.15. The molecular weight excluding hydrogens is 322 g/mol. The summed E-state index contributed by atoms with van der Waals surface area (Å²) in [6, 6.07) is 5.68. The zero-order chi connectivity index (χ0) is 17.4. The van der Waals surface area contributed by atoms with E-state index in [2.05, 4.69) is 15.1 Å². The molecule has 1 aliphatic rings. The Morgan fingerprint density at radius 1 is 1.36 bits per heavy atom. The lowest BCUT2D eigenvalue weighted by Crippen LogP contribution is -2.29. The fraction of sp³-hybridized carbons (Fsp3) is 0.412. The molecule has 130 valence electrons. The molecule has 0 radical (unpaired) electrons. The lowest BCUT2D eigenvalue weighted by atomic mass is 9.97. The lowest BCUT2D eigenvalue weighted by molar-refractivity contribution is 0.0770. The number of carbonyl (C=O) groups excluding carboxylic acids is 1. The molecule has 8 heteroatoms. The monoisotopic (exact) mass is 341 g/mol. The molecular formula is C17H19N5O3. The van der Waals surface area contributed by atoms with Gasteiger partial charge >= 0.3 is 0 Å². The average Bonchev–Trinajstić information content (AvgIpc) is 3.31. The van der Waals surface area contributed by atoms with E-state index in [1.807, 2.05) is 28.8 Å². The van der Waals surface area contributed by atoms with Gasteiger partial charge in [0, 0.05) is 38.5 Å². The van der Waals surface area contributed by atoms with E-state index in [9.17, 15) is 4.79 Å². The Balaban J connectivity index is 1.58. The molecule has 3 aromatic heterocycles. The Bertz CT molecular complexity index is 869. The van der Waals surface area contributed by atoms with Gasteiger partial charge in [-0.25, -0.2) is 4.98 Å². The maximum Gasteiger partial charge on any atom is 0.274 e. The van der Waals surface area contributed by atoms with Gasteiger partial charge in [-0.3, -0.25) is 4.79 Å². The number of hydrogen-bond donors (Lipinski definition) is 0. The van der Waals surface area contributed by atoms with Crippen molar-refractivity contribution in [1.82, 2.24) is 24.4 Å². The van der Waals surface area contributed by atoms with Crippen LogP contribution in [0.5, 0.6) is 0 Å². The van der Waals surface area contributed by atoms with Gasteiger partial charge in [0.05, 0.1) is 12.5 Å². The van der Waals surface area contributed by atoms with E-state index >= 15 is 0 Å². The van der Waals surface area contributed by atoms with Crippen LogP contribution < -0.4 is 0 Å². The molecule has 0 aliphatic carbocycles. The fourth-order valence-electron chi connectivity index (χ4n) is 3.36. The van der Waals surface area contributed by atoms with E-state index in [4.69, 9.17) is 9.26 Å². The Hall–Kier alpha value is -2.74. The largest absolute Gasteiger partial charge is 0.384 e. The highest BCUT2D eigenvalue weighted by atomic mass is 16.5. The van der Waals surface area contributed by atoms with Gasteiger partial charge in [-0.1, -0.05) is 11.2 Å². The van der Waals surface area contributed by atoms with Crippen LogP contribution in [0.3, 0.4) is 0 Å². The van der Waals surface area contributed by atoms with Crippen LogP contribution in [-0.4, -0.2) is 57.1 Å². The SMILES string of the molecule is COC[C@@H]1CN(C(=O)c2cn3ccccc3n2)C[C@H]1c1nc(C)no1. The van der Waals surface area contributed by atoms with Gasteiger partial charge in [-0.2, -0.15) is 4.98 Å². The van der Waals surface area contributed by atoms with E-state index in [0.717, 1.165) is 5.65 Å². The van der Waals surface area contributed by atoms with Crippen molar-refractivity contribution in [2.75, 3.05) is 26.8 Å². The maximum absolute atomic E-state index is 12.9. The third kappa shape index (κ3) is 2.89. The van der Waals surface area contributed by atoms with Crippen LogP contribution in [-0.2, 0) is 4.74 Å². The fourth-order valence-corrected chi connectivity index (χ4v) is 3.36. The molecule has 2 atom stereocenters. The minimum Gasteiger partial charge on any atom is -0.384 e. The number of carbonyl (C=O) groups is 1. The number of amides is 1. The van der Waals surface area contributed by atoms with Crippen LogP contribution in [0.4, 0.5) is 0 Å². The Labute approximate surface area is 144 Å². The average molecular weight is 341 g/mol. The molecule has 4 heterocycles. The van der Waals surface area contributed by atoms with Gasteiger partial charge in [0.1, 0.15) is 11.3 Å². The number of rotatable bonds is 4. The van der Waals surface area contributed by atoms with Crippen LogP contribution in [0.1, 0.15) is 28.1 Å². The second-order valence-corrected chi connectivity index (χ2v) is 6.30. The number of fused-ring (bicyclic) bond motifs is 1. The Kier molecular flexibility index (Phi) is 3.96. The van der Waals surface area contributed by atoms with E-state index in [0.29, 0.717) is 37.1 Å². The number of hydrogen-bond acceptors (Lipinski definition) is 6. The molecule has 0 spiro atoms. The van der Waals surface area contributed by atoms with Gasteiger partial charge in [0.2, 0.25) is 5.89 Å². The van der Waals surface area contributed by atoms with Crippen molar-refractivity contribution in [3.63, 3.8) is 0 Å². The van der Waals surface area contributed by atoms with E-state index in [1.165, 1.54) is 0 Å². The first-order valence-corrected chi connectivity index (χ1v) is 8.18. The Morgan fingerprint density at radius 2 is 2.24 bits per heavy atom. The number of methoxy groups -OCH3 is 1. The number of imidazole rings is 1. The molecule has 1 amide bonds. The Morgan fingerprint density at radius 3 is 2.96 bits per heavy atom. The number of pyridine rings is 1. The molecule has 0 aromatic carbocycles. The maximum atomic E-state index is 12.9. The lowest BCUT2D eigenvalue weighted by Gasteiger charge is -2.14. The van der Waals surface area contributed by atoms with Crippen LogP contribution in [0.15, 0.2) is 35.1 Å². The molecule has 0 saturated carbocycles. The van der Waals surface area contributed by atoms with Gasteiger partial charge in [-0.05, 0) is 19.1 Å². The van der Waals surface area contributed by atoms with Gasteiger partial charge in [0.15, 0.2) is 5.82 Å². The second-order valence-electron chi connectivity index (χ2n) is 6.30. The van der Waals surface area contributed by atoms with Crippen molar-refractivity contribution in [3.8, 4) is 0 Å². The summed E-state index contributed by atoms with van der Waals surface area (Å²) in [7, 11) is 1.66. The molecule has 8 nitrogen and oxygen atoms in total. The summed E-state index contributed by atoms with van der Waals surface area (Å²) >= 11 is 0. The summed E-state index contributed by atoms with van der Waals surface area (Å²) in [6.45, 7) is 3.41. The zero-order valence-corrected chi connectivity index (χ0v) is 14.1. The number of aryl methyl sites for hydroxylation is 1. The van der Waals surface area contributed by atoms with Crippen molar-refractivity contribution < 1.29 is 14.1 Å². The highest BCUT2D eigenvalue weighted by Gasteiger charge is 2.40. The predicted octanol–water partition coefficient (Wildman–Crippen LogP) is 1.53. The molecule has 1 aliphatic heterocycles. The third-order valence-electron chi connectivity index (χ3n) is 4.55. The standard InChI is InChI=1S/C17H19N5O3/c1-11-18-16(25-20-11)13-8-22(7-12(13)10-24-2)17(23)14-9-21-6-4-3-5-15(21)19-14/h3-6,9,12-13H,7-8,10H2,1-2H3/t12-,13+/m0/s1. The minimum absolute atomic E-state index is 0.0258. The summed E-state index contributed by atoms with van der Waals surface area (Å²) < 4.78 is 12.5. The van der Waals surface area contributed by atoms with Crippen molar-refractivity contribution in [3.05, 3.63) is 48.0 Å². The highest BCUT2D eigenvalue weighted by molar-refractivity contribution is 5.93. The normalized spacial score (nSPS) is 20.5. The predicted molar refractivity (Wildman–Crippen MR) is 88.2 cm³/mol. The highest BCUT2D eigenvalue weighted by Crippen LogP contribution is 2.32. The van der Waals surface area contributed by atoms with Crippen LogP contribution in [0.25, 0.3) is 5.65 Å². The first-order chi connectivity index (χ1) is 12.2. The van der Waals surface area contributed by atoms with Crippen LogP contribution >= 0.6 is 0 Å². The summed E-state index contributed by atoms with van der Waals surface area (Å²) in [6.07, 6.45) is 3.63. The molecule has 3 aromatic rings. The smallest absolute Gasteiger partial charge is 0.274 e. The van der Waals surface area contributed by atoms with Crippen molar-refractivity contribution in [2.24, 2.45) is 5.92 Å². The van der Waals surface area contributed by atoms with Crippen LogP contribution in [0.2, 0.25) is 0 Å². The molecule has 0 unspecified atom stereocenters. The van der Waals surface area contributed by atoms with E-state index in [1.54, 1.807) is 25.1 Å². The first kappa shape index (κ1) is 15.8. The van der Waals surface area contributed by atoms with E-state index < -0.39 is 0 Å². The van der Waals surface area contributed by atoms with Crippen molar-refractivity contribution in [2.45, 2.75) is 12.8 Å². The molecule has 25 heavy (non-hydrogen) atoms. The van der Waals surface area contributed by atoms with Crippen molar-refractivity contribution >= 4 is 11.6 Å². The molecule has 1 saturated heterocycles. The first-order valence-electron chi connectivity index (χ1n) is 8.18. The third-order valence-corrected chi connectivity index (χ3v) is 4.55. The molecule has 0 bridgehead atoms. The number of ether oxygens (including phenoxy) is 1.